The first kappa shape index (κ1) is 16.0. The molecular formula is C26H17N3. The van der Waals surface area contributed by atoms with Crippen LogP contribution in [0.15, 0.2) is 97.1 Å². The number of pyridine rings is 2. The standard InChI is InChI=1S/C26H17N3/c1-5-13-21-17(9-1)25(18-10-2-6-14-22(18)27-21)29-26-19-11-3-7-15-23(19)28-24-16-8-4-12-20(24)26/h1-16H,(H,27,28,29). The van der Waals surface area contributed by atoms with Gasteiger partial charge < -0.3 is 5.32 Å². The Morgan fingerprint density at radius 3 is 0.966 bits per heavy atom. The third-order valence-electron chi connectivity index (χ3n) is 5.43. The van der Waals surface area contributed by atoms with E-state index in [1.807, 2.05) is 24.3 Å². The molecule has 2 heterocycles. The minimum absolute atomic E-state index is 0.983. The number of fused-ring (bicyclic) bond motifs is 4. The van der Waals surface area contributed by atoms with Gasteiger partial charge in [0.05, 0.1) is 33.4 Å². The molecule has 2 aromatic heterocycles. The van der Waals surface area contributed by atoms with Crippen molar-refractivity contribution < 1.29 is 0 Å². The van der Waals surface area contributed by atoms with Crippen molar-refractivity contribution >= 4 is 55.0 Å². The van der Waals surface area contributed by atoms with Gasteiger partial charge in [0.25, 0.3) is 0 Å². The lowest BCUT2D eigenvalue weighted by molar-refractivity contribution is 1.48. The molecule has 0 fully saturated rings. The van der Waals surface area contributed by atoms with Crippen LogP contribution in [0.1, 0.15) is 0 Å². The first-order valence-corrected chi connectivity index (χ1v) is 9.70. The number of benzene rings is 4. The van der Waals surface area contributed by atoms with Crippen molar-refractivity contribution in [1.29, 1.82) is 0 Å². The van der Waals surface area contributed by atoms with Crippen LogP contribution >= 0.6 is 0 Å². The summed E-state index contributed by atoms with van der Waals surface area (Å²) in [6.45, 7) is 0. The zero-order valence-electron chi connectivity index (χ0n) is 15.6. The second-order valence-electron chi connectivity index (χ2n) is 7.17. The average molecular weight is 371 g/mol. The minimum Gasteiger partial charge on any atom is -0.353 e. The molecule has 136 valence electrons. The van der Waals surface area contributed by atoms with E-state index in [-0.39, 0.29) is 0 Å². The zero-order valence-corrected chi connectivity index (χ0v) is 15.6. The number of para-hydroxylation sites is 4. The van der Waals surface area contributed by atoms with E-state index >= 15 is 0 Å². The number of anilines is 2. The van der Waals surface area contributed by atoms with Gasteiger partial charge in [-0.3, -0.25) is 0 Å². The van der Waals surface area contributed by atoms with Gasteiger partial charge in [0.2, 0.25) is 0 Å². The van der Waals surface area contributed by atoms with Gasteiger partial charge in [0.15, 0.2) is 0 Å². The molecule has 0 unspecified atom stereocenters. The third kappa shape index (κ3) is 2.52. The van der Waals surface area contributed by atoms with Gasteiger partial charge >= 0.3 is 0 Å². The Kier molecular flexibility index (Phi) is 3.47. The van der Waals surface area contributed by atoms with E-state index < -0.39 is 0 Å². The summed E-state index contributed by atoms with van der Waals surface area (Å²) in [7, 11) is 0. The Bertz CT molecular complexity index is 1310. The molecular weight excluding hydrogens is 354 g/mol. The van der Waals surface area contributed by atoms with Crippen LogP contribution in [0.25, 0.3) is 43.6 Å². The molecule has 6 rings (SSSR count). The molecule has 0 radical (unpaired) electrons. The molecule has 3 nitrogen and oxygen atoms in total. The summed E-state index contributed by atoms with van der Waals surface area (Å²) < 4.78 is 0. The summed E-state index contributed by atoms with van der Waals surface area (Å²) in [6, 6.07) is 33.2. The van der Waals surface area contributed by atoms with Crippen molar-refractivity contribution in [2.24, 2.45) is 0 Å². The molecule has 0 bridgehead atoms. The lowest BCUT2D eigenvalue weighted by atomic mass is 10.0. The molecule has 0 saturated carbocycles. The van der Waals surface area contributed by atoms with Gasteiger partial charge in [-0.2, -0.15) is 0 Å². The number of hydrogen-bond acceptors (Lipinski definition) is 3. The fraction of sp³-hybridized carbons (Fsp3) is 0. The van der Waals surface area contributed by atoms with Crippen LogP contribution in [0, 0.1) is 0 Å². The highest BCUT2D eigenvalue weighted by atomic mass is 14.9. The molecule has 0 aliphatic heterocycles. The average Bonchev–Trinajstić information content (AvgIpc) is 2.78. The van der Waals surface area contributed by atoms with Gasteiger partial charge in [-0.1, -0.05) is 72.8 Å². The molecule has 3 heteroatoms. The van der Waals surface area contributed by atoms with Crippen LogP contribution in [0.2, 0.25) is 0 Å². The number of rotatable bonds is 2. The van der Waals surface area contributed by atoms with Crippen LogP contribution in [0.4, 0.5) is 11.4 Å². The van der Waals surface area contributed by atoms with E-state index in [1.165, 1.54) is 0 Å². The van der Waals surface area contributed by atoms with E-state index in [2.05, 4.69) is 78.1 Å². The second-order valence-corrected chi connectivity index (χ2v) is 7.17. The molecule has 4 aromatic carbocycles. The molecule has 0 saturated heterocycles. The van der Waals surface area contributed by atoms with Crippen molar-refractivity contribution in [3.8, 4) is 0 Å². The molecule has 0 atom stereocenters. The monoisotopic (exact) mass is 371 g/mol. The zero-order chi connectivity index (χ0) is 19.2. The summed E-state index contributed by atoms with van der Waals surface area (Å²) >= 11 is 0. The van der Waals surface area contributed by atoms with Crippen molar-refractivity contribution in [3.05, 3.63) is 97.1 Å². The maximum Gasteiger partial charge on any atom is 0.0730 e. The quantitative estimate of drug-likeness (QED) is 0.339. The van der Waals surface area contributed by atoms with Gasteiger partial charge in [0, 0.05) is 21.5 Å². The first-order valence-electron chi connectivity index (χ1n) is 9.70. The maximum atomic E-state index is 4.85. The predicted octanol–water partition coefficient (Wildman–Crippen LogP) is 6.83. The highest BCUT2D eigenvalue weighted by Gasteiger charge is 2.13. The molecule has 1 N–H and O–H groups in total. The predicted molar refractivity (Wildman–Crippen MR) is 122 cm³/mol. The maximum absolute atomic E-state index is 4.85. The number of nitrogens with zero attached hydrogens (tertiary/aromatic N) is 2. The van der Waals surface area contributed by atoms with Gasteiger partial charge in [-0.05, 0) is 24.3 Å². The molecule has 6 aromatic rings. The second kappa shape index (κ2) is 6.28. The number of hydrogen-bond donors (Lipinski definition) is 1. The summed E-state index contributed by atoms with van der Waals surface area (Å²) in [4.78, 5) is 9.70. The lowest BCUT2D eigenvalue weighted by Crippen LogP contribution is -1.98. The van der Waals surface area contributed by atoms with Gasteiger partial charge in [0.1, 0.15) is 0 Å². The Morgan fingerprint density at radius 1 is 0.379 bits per heavy atom. The third-order valence-corrected chi connectivity index (χ3v) is 5.43. The topological polar surface area (TPSA) is 37.8 Å². The van der Waals surface area contributed by atoms with Crippen molar-refractivity contribution in [2.75, 3.05) is 5.32 Å². The summed E-state index contributed by atoms with van der Waals surface area (Å²) in [5, 5.41) is 8.23. The largest absolute Gasteiger partial charge is 0.353 e. The van der Waals surface area contributed by atoms with Crippen molar-refractivity contribution in [2.45, 2.75) is 0 Å². The van der Waals surface area contributed by atoms with Crippen LogP contribution < -0.4 is 5.32 Å². The van der Waals surface area contributed by atoms with Crippen LogP contribution in [0.5, 0.6) is 0 Å². The van der Waals surface area contributed by atoms with E-state index in [4.69, 9.17) is 9.97 Å². The minimum atomic E-state index is 0.983. The Hall–Kier alpha value is -3.98. The van der Waals surface area contributed by atoms with Crippen molar-refractivity contribution in [1.82, 2.24) is 9.97 Å². The Morgan fingerprint density at radius 2 is 0.655 bits per heavy atom. The highest BCUT2D eigenvalue weighted by Crippen LogP contribution is 2.38. The Balaban J connectivity index is 1.73. The molecule has 0 aliphatic rings. The highest BCUT2D eigenvalue weighted by molar-refractivity contribution is 6.14. The van der Waals surface area contributed by atoms with E-state index in [1.54, 1.807) is 0 Å². The van der Waals surface area contributed by atoms with Crippen LogP contribution in [-0.4, -0.2) is 9.97 Å². The van der Waals surface area contributed by atoms with Gasteiger partial charge in [-0.25, -0.2) is 9.97 Å². The Labute approximate surface area is 167 Å². The van der Waals surface area contributed by atoms with Gasteiger partial charge in [-0.15, -0.1) is 0 Å². The SMILES string of the molecule is c1ccc2c(Nc3c4ccccc4nc4ccccc34)c3ccccc3nc2c1. The smallest absolute Gasteiger partial charge is 0.0730 e. The van der Waals surface area contributed by atoms with E-state index in [0.717, 1.165) is 55.0 Å². The van der Waals surface area contributed by atoms with Crippen molar-refractivity contribution in [3.63, 3.8) is 0 Å². The molecule has 0 aliphatic carbocycles. The summed E-state index contributed by atoms with van der Waals surface area (Å²) in [5.41, 5.74) is 6.08. The van der Waals surface area contributed by atoms with Crippen LogP contribution in [0.3, 0.4) is 0 Å². The fourth-order valence-corrected chi connectivity index (χ4v) is 4.07. The normalized spacial score (nSPS) is 11.4. The number of aromatic nitrogens is 2. The molecule has 29 heavy (non-hydrogen) atoms. The lowest BCUT2D eigenvalue weighted by Gasteiger charge is -2.17. The fourth-order valence-electron chi connectivity index (χ4n) is 4.07. The van der Waals surface area contributed by atoms with Crippen LogP contribution in [-0.2, 0) is 0 Å². The summed E-state index contributed by atoms with van der Waals surface area (Å²) in [6.07, 6.45) is 0. The molecule has 0 spiro atoms. The first-order chi connectivity index (χ1) is 14.4. The van der Waals surface area contributed by atoms with E-state index in [9.17, 15) is 0 Å². The molecule has 0 amide bonds. The summed E-state index contributed by atoms with van der Waals surface area (Å²) in [5.74, 6) is 0. The number of nitrogens with one attached hydrogen (secondary N) is 1. The van der Waals surface area contributed by atoms with E-state index in [0.29, 0.717) is 0 Å².